The fraction of sp³-hybridized carbons (Fsp3) is 0.333. The number of para-hydroxylation sites is 1. The molecule has 0 fully saturated rings. The molecule has 1 atom stereocenters. The van der Waals surface area contributed by atoms with Crippen LogP contribution >= 0.6 is 11.8 Å². The molecule has 0 aliphatic heterocycles. The van der Waals surface area contributed by atoms with Crippen LogP contribution in [0.15, 0.2) is 58.5 Å². The molecule has 0 spiro atoms. The number of aromatic nitrogens is 2. The van der Waals surface area contributed by atoms with Crippen LogP contribution < -0.4 is 5.56 Å². The van der Waals surface area contributed by atoms with Crippen LogP contribution in [0.3, 0.4) is 0 Å². The molecule has 0 radical (unpaired) electrons. The molecule has 31 heavy (non-hydrogen) atoms. The average molecular weight is 435 g/mol. The normalized spacial score (nSPS) is 11.8. The lowest BCUT2D eigenvalue weighted by atomic mass is 9.98. The van der Waals surface area contributed by atoms with Crippen molar-refractivity contribution in [3.8, 4) is 11.8 Å². The SMILES string of the molecule is CC[C@H](C)c1ccc(-n2c(SCC(=O)N(C)CCC#N)nc3ccccc3c2=O)cc1. The fourth-order valence-electron chi connectivity index (χ4n) is 3.20. The van der Waals surface area contributed by atoms with E-state index < -0.39 is 0 Å². The van der Waals surface area contributed by atoms with Gasteiger partial charge in [-0.15, -0.1) is 0 Å². The number of carbonyl (C=O) groups excluding carboxylic acids is 1. The van der Waals surface area contributed by atoms with Gasteiger partial charge in [-0.3, -0.25) is 14.2 Å². The summed E-state index contributed by atoms with van der Waals surface area (Å²) in [7, 11) is 1.68. The third-order valence-electron chi connectivity index (χ3n) is 5.39. The zero-order valence-electron chi connectivity index (χ0n) is 18.0. The Morgan fingerprint density at radius 3 is 2.61 bits per heavy atom. The minimum absolute atomic E-state index is 0.110. The first-order chi connectivity index (χ1) is 15.0. The number of amides is 1. The van der Waals surface area contributed by atoms with E-state index in [2.05, 4.69) is 18.8 Å². The molecule has 3 aromatic rings. The van der Waals surface area contributed by atoms with Gasteiger partial charge in [0.05, 0.1) is 34.8 Å². The van der Waals surface area contributed by atoms with Crippen LogP contribution in [0.2, 0.25) is 0 Å². The summed E-state index contributed by atoms with van der Waals surface area (Å²) in [5, 5.41) is 9.74. The highest BCUT2D eigenvalue weighted by Gasteiger charge is 2.16. The molecule has 0 bridgehead atoms. The van der Waals surface area contributed by atoms with Gasteiger partial charge < -0.3 is 4.90 Å². The van der Waals surface area contributed by atoms with Crippen LogP contribution in [0.1, 0.15) is 38.2 Å². The van der Waals surface area contributed by atoms with Crippen molar-refractivity contribution in [2.45, 2.75) is 37.8 Å². The molecular formula is C24H26N4O2S. The van der Waals surface area contributed by atoms with Crippen molar-refractivity contribution in [1.82, 2.24) is 14.5 Å². The molecule has 0 aliphatic carbocycles. The second-order valence-corrected chi connectivity index (χ2v) is 8.41. The first-order valence-corrected chi connectivity index (χ1v) is 11.3. The summed E-state index contributed by atoms with van der Waals surface area (Å²) in [6.07, 6.45) is 1.33. The number of carbonyl (C=O) groups is 1. The third-order valence-corrected chi connectivity index (χ3v) is 6.31. The molecule has 160 valence electrons. The molecule has 7 heteroatoms. The van der Waals surface area contributed by atoms with Crippen molar-refractivity contribution < 1.29 is 4.79 Å². The Kier molecular flexibility index (Phi) is 7.48. The largest absolute Gasteiger partial charge is 0.344 e. The van der Waals surface area contributed by atoms with Gasteiger partial charge in [0.25, 0.3) is 5.56 Å². The molecule has 0 N–H and O–H groups in total. The van der Waals surface area contributed by atoms with Gasteiger partial charge in [-0.25, -0.2) is 4.98 Å². The van der Waals surface area contributed by atoms with Gasteiger partial charge in [-0.2, -0.15) is 5.26 Å². The van der Waals surface area contributed by atoms with Gasteiger partial charge in [0.1, 0.15) is 0 Å². The molecule has 1 heterocycles. The highest BCUT2D eigenvalue weighted by molar-refractivity contribution is 7.99. The van der Waals surface area contributed by atoms with Crippen molar-refractivity contribution in [2.24, 2.45) is 0 Å². The smallest absolute Gasteiger partial charge is 0.266 e. The molecule has 0 saturated heterocycles. The van der Waals surface area contributed by atoms with E-state index >= 15 is 0 Å². The van der Waals surface area contributed by atoms with E-state index in [0.717, 1.165) is 12.1 Å². The van der Waals surface area contributed by atoms with Crippen molar-refractivity contribution in [3.63, 3.8) is 0 Å². The first kappa shape index (κ1) is 22.6. The van der Waals surface area contributed by atoms with Crippen LogP contribution in [0.5, 0.6) is 0 Å². The number of nitrogens with zero attached hydrogens (tertiary/aromatic N) is 4. The van der Waals surface area contributed by atoms with E-state index in [4.69, 9.17) is 5.26 Å². The number of nitriles is 1. The maximum Gasteiger partial charge on any atom is 0.266 e. The fourth-order valence-corrected chi connectivity index (χ4v) is 4.16. The van der Waals surface area contributed by atoms with E-state index in [1.54, 1.807) is 23.7 Å². The Morgan fingerprint density at radius 2 is 1.94 bits per heavy atom. The standard InChI is InChI=1S/C24H26N4O2S/c1-4-17(2)18-10-12-19(13-11-18)28-23(30)20-8-5-6-9-21(20)26-24(28)31-16-22(29)27(3)15-7-14-25/h5-6,8-13,17H,4,7,15-16H2,1-3H3/t17-/m0/s1. The quantitative estimate of drug-likeness (QED) is 0.389. The number of hydrogen-bond acceptors (Lipinski definition) is 5. The molecule has 2 aromatic carbocycles. The van der Waals surface area contributed by atoms with Crippen LogP contribution in [0, 0.1) is 11.3 Å². The predicted octanol–water partition coefficient (Wildman–Crippen LogP) is 4.36. The Hall–Kier alpha value is -3.11. The molecular weight excluding hydrogens is 408 g/mol. The Morgan fingerprint density at radius 1 is 1.23 bits per heavy atom. The van der Waals surface area contributed by atoms with Gasteiger partial charge >= 0.3 is 0 Å². The molecule has 0 unspecified atom stereocenters. The Balaban J connectivity index is 1.99. The highest BCUT2D eigenvalue weighted by atomic mass is 32.2. The topological polar surface area (TPSA) is 79.0 Å². The second kappa shape index (κ2) is 10.3. The molecule has 1 aromatic heterocycles. The van der Waals surface area contributed by atoms with Gasteiger partial charge in [0, 0.05) is 13.6 Å². The lowest BCUT2D eigenvalue weighted by Gasteiger charge is -2.17. The number of benzene rings is 2. The van der Waals surface area contributed by atoms with Crippen molar-refractivity contribution in [3.05, 3.63) is 64.4 Å². The van der Waals surface area contributed by atoms with Crippen LogP contribution in [-0.4, -0.2) is 39.7 Å². The maximum absolute atomic E-state index is 13.3. The van der Waals surface area contributed by atoms with Crippen molar-refractivity contribution >= 4 is 28.6 Å². The van der Waals surface area contributed by atoms with Crippen molar-refractivity contribution in [2.75, 3.05) is 19.3 Å². The van der Waals surface area contributed by atoms with Gasteiger partial charge in [0.2, 0.25) is 5.91 Å². The summed E-state index contributed by atoms with van der Waals surface area (Å²) in [6.45, 7) is 4.70. The van der Waals surface area contributed by atoms with Crippen LogP contribution in [0.25, 0.3) is 16.6 Å². The summed E-state index contributed by atoms with van der Waals surface area (Å²) in [4.78, 5) is 32.0. The molecule has 1 amide bonds. The number of hydrogen-bond donors (Lipinski definition) is 0. The summed E-state index contributed by atoms with van der Waals surface area (Å²) < 4.78 is 1.58. The monoisotopic (exact) mass is 434 g/mol. The van der Waals surface area contributed by atoms with E-state index in [-0.39, 0.29) is 23.6 Å². The Bertz CT molecular complexity index is 1160. The highest BCUT2D eigenvalue weighted by Crippen LogP contribution is 2.24. The maximum atomic E-state index is 13.3. The number of rotatable bonds is 8. The van der Waals surface area contributed by atoms with E-state index in [9.17, 15) is 9.59 Å². The first-order valence-electron chi connectivity index (χ1n) is 10.3. The van der Waals surface area contributed by atoms with E-state index in [0.29, 0.717) is 28.5 Å². The van der Waals surface area contributed by atoms with Crippen LogP contribution in [-0.2, 0) is 4.79 Å². The van der Waals surface area contributed by atoms with Crippen LogP contribution in [0.4, 0.5) is 0 Å². The Labute approximate surface area is 186 Å². The summed E-state index contributed by atoms with van der Waals surface area (Å²) in [5.74, 6) is 0.467. The molecule has 0 saturated carbocycles. The predicted molar refractivity (Wildman–Crippen MR) is 125 cm³/mol. The lowest BCUT2D eigenvalue weighted by Crippen LogP contribution is -2.29. The van der Waals surface area contributed by atoms with Crippen molar-refractivity contribution in [1.29, 1.82) is 5.26 Å². The van der Waals surface area contributed by atoms with Gasteiger partial charge in [0.15, 0.2) is 5.16 Å². The van der Waals surface area contributed by atoms with Gasteiger partial charge in [-0.1, -0.05) is 49.9 Å². The van der Waals surface area contributed by atoms with E-state index in [1.807, 2.05) is 42.5 Å². The summed E-state index contributed by atoms with van der Waals surface area (Å²) in [5.41, 5.74) is 2.39. The molecule has 6 nitrogen and oxygen atoms in total. The number of thioether (sulfide) groups is 1. The lowest BCUT2D eigenvalue weighted by molar-refractivity contribution is -0.127. The van der Waals surface area contributed by atoms with Gasteiger partial charge in [-0.05, 0) is 42.2 Å². The molecule has 3 rings (SSSR count). The summed E-state index contributed by atoms with van der Waals surface area (Å²) >= 11 is 1.23. The van der Waals surface area contributed by atoms with E-state index in [1.165, 1.54) is 22.2 Å². The zero-order valence-corrected chi connectivity index (χ0v) is 18.9. The molecule has 0 aliphatic rings. The average Bonchev–Trinajstić information content (AvgIpc) is 2.80. The zero-order chi connectivity index (χ0) is 22.4. The summed E-state index contributed by atoms with van der Waals surface area (Å²) in [6, 6.07) is 17.2. The number of fused-ring (bicyclic) bond motifs is 1. The minimum atomic E-state index is -0.158. The third kappa shape index (κ3) is 5.15. The minimum Gasteiger partial charge on any atom is -0.344 e. The second-order valence-electron chi connectivity index (χ2n) is 7.47.